The molecule has 60 valence electrons. The molecule has 0 atom stereocenters. The van der Waals surface area contributed by atoms with Gasteiger partial charge >= 0.3 is 0 Å². The first-order valence-corrected chi connectivity index (χ1v) is 3.94. The third-order valence-electron chi connectivity index (χ3n) is 1.37. The van der Waals surface area contributed by atoms with Gasteiger partial charge in [0.2, 0.25) is 0 Å². The van der Waals surface area contributed by atoms with Crippen LogP contribution in [0.3, 0.4) is 0 Å². The average molecular weight is 217 g/mol. The van der Waals surface area contributed by atoms with Crippen molar-refractivity contribution in [1.29, 1.82) is 0 Å². The molecule has 1 rings (SSSR count). The van der Waals surface area contributed by atoms with Gasteiger partial charge in [-0.1, -0.05) is 15.9 Å². The zero-order valence-electron chi connectivity index (χ0n) is 6.06. The zero-order chi connectivity index (χ0) is 8.27. The molecule has 0 heterocycles. The fourth-order valence-corrected chi connectivity index (χ4v) is 1.19. The van der Waals surface area contributed by atoms with Crippen LogP contribution in [-0.4, -0.2) is 12.3 Å². The molecule has 0 fully saturated rings. The summed E-state index contributed by atoms with van der Waals surface area (Å²) in [7, 11) is 1.80. The first-order chi connectivity index (χ1) is 5.27. The van der Waals surface area contributed by atoms with Gasteiger partial charge in [0.25, 0.3) is 0 Å². The number of benzene rings is 1. The maximum Gasteiger partial charge on any atom is 0.0844 e. The van der Waals surface area contributed by atoms with Crippen LogP contribution in [0.1, 0.15) is 0 Å². The van der Waals surface area contributed by atoms with Gasteiger partial charge in [0.1, 0.15) is 0 Å². The number of hydrogen-bond donors (Lipinski definition) is 3. The summed E-state index contributed by atoms with van der Waals surface area (Å²) in [6, 6.07) is 5.54. The minimum atomic E-state index is 0.655. The molecule has 0 amide bonds. The van der Waals surface area contributed by atoms with Crippen LogP contribution in [-0.2, 0) is 0 Å². The van der Waals surface area contributed by atoms with Crippen molar-refractivity contribution in [1.82, 2.24) is 0 Å². The van der Waals surface area contributed by atoms with Gasteiger partial charge in [0, 0.05) is 11.5 Å². The van der Waals surface area contributed by atoms with Crippen molar-refractivity contribution in [3.05, 3.63) is 22.7 Å². The Labute approximate surface area is 73.5 Å². The molecule has 1 aromatic rings. The Bertz CT molecular complexity index is 252. The molecular weight excluding hydrogens is 208 g/mol. The third-order valence-corrected chi connectivity index (χ3v) is 1.86. The van der Waals surface area contributed by atoms with E-state index in [1.807, 2.05) is 12.1 Å². The van der Waals surface area contributed by atoms with E-state index in [9.17, 15) is 0 Å². The molecular formula is C7H9BrN2O. The second-order valence-electron chi connectivity index (χ2n) is 2.05. The molecule has 0 aromatic heterocycles. The van der Waals surface area contributed by atoms with E-state index in [2.05, 4.69) is 26.7 Å². The number of rotatable bonds is 2. The van der Waals surface area contributed by atoms with Crippen molar-refractivity contribution in [2.45, 2.75) is 0 Å². The quantitative estimate of drug-likeness (QED) is 0.666. The highest BCUT2D eigenvalue weighted by atomic mass is 79.9. The lowest BCUT2D eigenvalue weighted by Crippen LogP contribution is -1.96. The lowest BCUT2D eigenvalue weighted by molar-refractivity contribution is 0.389. The average Bonchev–Trinajstić information content (AvgIpc) is 2.04. The summed E-state index contributed by atoms with van der Waals surface area (Å²) >= 11 is 3.29. The number of anilines is 2. The second-order valence-corrected chi connectivity index (χ2v) is 2.97. The Kier molecular flexibility index (Phi) is 2.73. The van der Waals surface area contributed by atoms with Crippen molar-refractivity contribution < 1.29 is 5.21 Å². The molecule has 3 nitrogen and oxygen atoms in total. The van der Waals surface area contributed by atoms with E-state index < -0.39 is 0 Å². The predicted molar refractivity (Wildman–Crippen MR) is 49.1 cm³/mol. The van der Waals surface area contributed by atoms with Gasteiger partial charge in [-0.3, -0.25) is 10.7 Å². The minimum absolute atomic E-state index is 0.655. The monoisotopic (exact) mass is 216 g/mol. The molecule has 1 aromatic carbocycles. The van der Waals surface area contributed by atoms with E-state index >= 15 is 0 Å². The van der Waals surface area contributed by atoms with E-state index in [4.69, 9.17) is 5.21 Å². The number of nitrogens with one attached hydrogen (secondary N) is 2. The summed E-state index contributed by atoms with van der Waals surface area (Å²) in [4.78, 5) is 0. The van der Waals surface area contributed by atoms with Gasteiger partial charge in [-0.2, -0.15) is 0 Å². The second kappa shape index (κ2) is 3.59. The van der Waals surface area contributed by atoms with Crippen LogP contribution in [0.15, 0.2) is 22.7 Å². The molecule has 0 unspecified atom stereocenters. The highest BCUT2D eigenvalue weighted by Gasteiger charge is 1.98. The fourth-order valence-electron chi connectivity index (χ4n) is 0.827. The Balaban J connectivity index is 3.06. The van der Waals surface area contributed by atoms with E-state index in [0.717, 1.165) is 10.2 Å². The van der Waals surface area contributed by atoms with E-state index in [-0.39, 0.29) is 0 Å². The predicted octanol–water partition coefficient (Wildman–Crippen LogP) is 2.29. The van der Waals surface area contributed by atoms with Crippen molar-refractivity contribution in [3.63, 3.8) is 0 Å². The molecule has 0 aliphatic rings. The Morgan fingerprint density at radius 1 is 1.36 bits per heavy atom. The summed E-state index contributed by atoms with van der Waals surface area (Å²) in [6.45, 7) is 0. The van der Waals surface area contributed by atoms with Crippen molar-refractivity contribution in [3.8, 4) is 0 Å². The van der Waals surface area contributed by atoms with Gasteiger partial charge in [-0.25, -0.2) is 0 Å². The lowest BCUT2D eigenvalue weighted by Gasteiger charge is -2.06. The van der Waals surface area contributed by atoms with Gasteiger partial charge in [0.15, 0.2) is 0 Å². The normalized spacial score (nSPS) is 9.36. The molecule has 0 aliphatic heterocycles. The highest BCUT2D eigenvalue weighted by molar-refractivity contribution is 9.10. The molecule has 3 N–H and O–H groups in total. The first-order valence-electron chi connectivity index (χ1n) is 3.15. The smallest absolute Gasteiger partial charge is 0.0844 e. The zero-order valence-corrected chi connectivity index (χ0v) is 7.64. The number of hydrogen-bond acceptors (Lipinski definition) is 3. The molecule has 0 spiro atoms. The van der Waals surface area contributed by atoms with Crippen LogP contribution < -0.4 is 10.8 Å². The Morgan fingerprint density at radius 2 is 2.09 bits per heavy atom. The largest absolute Gasteiger partial charge is 0.386 e. The van der Waals surface area contributed by atoms with Crippen molar-refractivity contribution >= 4 is 27.3 Å². The minimum Gasteiger partial charge on any atom is -0.386 e. The maximum atomic E-state index is 8.66. The van der Waals surface area contributed by atoms with E-state index in [1.54, 1.807) is 13.1 Å². The highest BCUT2D eigenvalue weighted by Crippen LogP contribution is 2.24. The molecule has 0 radical (unpaired) electrons. The van der Waals surface area contributed by atoms with Crippen LogP contribution in [0, 0.1) is 0 Å². The van der Waals surface area contributed by atoms with Gasteiger partial charge < -0.3 is 5.32 Å². The van der Waals surface area contributed by atoms with Crippen LogP contribution >= 0.6 is 15.9 Å². The Hall–Kier alpha value is -0.740. The molecule has 0 bridgehead atoms. The van der Waals surface area contributed by atoms with Crippen molar-refractivity contribution in [2.75, 3.05) is 17.8 Å². The first kappa shape index (κ1) is 8.36. The fraction of sp³-hybridized carbons (Fsp3) is 0.143. The summed E-state index contributed by atoms with van der Waals surface area (Å²) in [6.07, 6.45) is 0. The van der Waals surface area contributed by atoms with Crippen LogP contribution in [0.4, 0.5) is 11.4 Å². The van der Waals surface area contributed by atoms with Gasteiger partial charge in [0.05, 0.1) is 11.4 Å². The maximum absolute atomic E-state index is 8.66. The van der Waals surface area contributed by atoms with Crippen molar-refractivity contribution in [2.24, 2.45) is 0 Å². The SMILES string of the molecule is CNc1ccc(Br)cc1NO. The summed E-state index contributed by atoms with van der Waals surface area (Å²) in [5.41, 5.74) is 3.61. The number of halogens is 1. The molecule has 0 saturated carbocycles. The molecule has 4 heteroatoms. The molecule has 0 saturated heterocycles. The van der Waals surface area contributed by atoms with Crippen LogP contribution in [0.2, 0.25) is 0 Å². The standard InChI is InChI=1S/C7H9BrN2O/c1-9-6-3-2-5(8)4-7(6)10-11/h2-4,9-11H,1H3. The van der Waals surface area contributed by atoms with Gasteiger partial charge in [-0.15, -0.1) is 0 Å². The molecule has 11 heavy (non-hydrogen) atoms. The summed E-state index contributed by atoms with van der Waals surface area (Å²) < 4.78 is 0.924. The van der Waals surface area contributed by atoms with Crippen LogP contribution in [0.5, 0.6) is 0 Å². The topological polar surface area (TPSA) is 44.3 Å². The van der Waals surface area contributed by atoms with E-state index in [1.165, 1.54) is 0 Å². The lowest BCUT2D eigenvalue weighted by atomic mass is 10.3. The van der Waals surface area contributed by atoms with E-state index in [0.29, 0.717) is 5.69 Å². The molecule has 0 aliphatic carbocycles. The summed E-state index contributed by atoms with van der Waals surface area (Å²) in [5.74, 6) is 0. The summed E-state index contributed by atoms with van der Waals surface area (Å²) in [5, 5.41) is 11.6. The van der Waals surface area contributed by atoms with Gasteiger partial charge in [-0.05, 0) is 18.2 Å². The third kappa shape index (κ3) is 1.85. The Morgan fingerprint density at radius 3 is 2.64 bits per heavy atom. The van der Waals surface area contributed by atoms with Crippen LogP contribution in [0.25, 0.3) is 0 Å².